The minimum absolute atomic E-state index is 0.183. The van der Waals surface area contributed by atoms with Crippen molar-refractivity contribution in [3.63, 3.8) is 0 Å². The number of piperidine rings is 1. The van der Waals surface area contributed by atoms with Crippen LogP contribution in [0.4, 0.5) is 4.79 Å². The average Bonchev–Trinajstić information content (AvgIpc) is 2.60. The molecule has 2 aliphatic carbocycles. The number of aryl methyl sites for hydroxylation is 1. The summed E-state index contributed by atoms with van der Waals surface area (Å²) in [5, 5.41) is 0. The van der Waals surface area contributed by atoms with Crippen LogP contribution in [0.25, 0.3) is 0 Å². The average molecular weight is 417 g/mol. The van der Waals surface area contributed by atoms with Crippen LogP contribution in [-0.2, 0) is 16.6 Å². The van der Waals surface area contributed by atoms with Crippen LogP contribution in [0.1, 0.15) is 48.8 Å². The highest BCUT2D eigenvalue weighted by molar-refractivity contribution is 6.67. The fourth-order valence-corrected chi connectivity index (χ4v) is 5.74. The summed E-state index contributed by atoms with van der Waals surface area (Å²) in [5.74, 6) is 0.500. The number of alkyl halides is 3. The first-order valence-corrected chi connectivity index (χ1v) is 10.5. The maximum atomic E-state index is 12.7. The van der Waals surface area contributed by atoms with E-state index in [2.05, 4.69) is 25.1 Å². The van der Waals surface area contributed by atoms with Crippen molar-refractivity contribution >= 4 is 40.9 Å². The number of carbonyl (C=O) groups excluding carboxylic acids is 1. The van der Waals surface area contributed by atoms with Crippen LogP contribution in [-0.4, -0.2) is 34.0 Å². The zero-order chi connectivity index (χ0) is 18.5. The lowest BCUT2D eigenvalue weighted by molar-refractivity contribution is -0.0116. The van der Waals surface area contributed by atoms with Gasteiger partial charge in [-0.25, -0.2) is 4.79 Å². The summed E-state index contributed by atoms with van der Waals surface area (Å²) in [5.41, 5.74) is 4.46. The number of halogens is 3. The lowest BCUT2D eigenvalue weighted by atomic mass is 9.52. The number of ether oxygens (including phenoxy) is 1. The molecule has 1 aromatic carbocycles. The molecule has 0 aromatic heterocycles. The highest BCUT2D eigenvalue weighted by atomic mass is 35.6. The molecule has 6 heteroatoms. The Morgan fingerprint density at radius 2 is 2.12 bits per heavy atom. The molecule has 0 spiro atoms. The molecule has 3 atom stereocenters. The second-order valence-electron chi connectivity index (χ2n) is 8.05. The Morgan fingerprint density at radius 1 is 1.31 bits per heavy atom. The first kappa shape index (κ1) is 18.7. The molecule has 3 unspecified atom stereocenters. The van der Waals surface area contributed by atoms with E-state index in [4.69, 9.17) is 39.5 Å². The number of hydrogen-bond donors (Lipinski definition) is 0. The normalized spacial score (nSPS) is 30.4. The lowest BCUT2D eigenvalue weighted by Gasteiger charge is -2.58. The number of nitrogens with zero attached hydrogens (tertiary/aromatic N) is 1. The van der Waals surface area contributed by atoms with Gasteiger partial charge in [0, 0.05) is 18.0 Å². The molecule has 1 aliphatic heterocycles. The van der Waals surface area contributed by atoms with E-state index < -0.39 is 3.79 Å². The van der Waals surface area contributed by atoms with Crippen molar-refractivity contribution in [2.75, 3.05) is 13.2 Å². The fraction of sp³-hybridized carbons (Fsp3) is 0.650. The van der Waals surface area contributed by atoms with E-state index in [1.807, 2.05) is 4.90 Å². The molecule has 1 saturated heterocycles. The molecule has 0 N–H and O–H groups in total. The van der Waals surface area contributed by atoms with Crippen molar-refractivity contribution in [2.24, 2.45) is 5.92 Å². The van der Waals surface area contributed by atoms with Crippen molar-refractivity contribution in [3.8, 4) is 0 Å². The summed E-state index contributed by atoms with van der Waals surface area (Å²) < 4.78 is 3.74. The molecule has 26 heavy (non-hydrogen) atoms. The number of rotatable bonds is 1. The van der Waals surface area contributed by atoms with Gasteiger partial charge < -0.3 is 9.64 Å². The van der Waals surface area contributed by atoms with E-state index in [0.717, 1.165) is 12.8 Å². The summed E-state index contributed by atoms with van der Waals surface area (Å²) in [7, 11) is 0. The molecule has 0 radical (unpaired) electrons. The summed E-state index contributed by atoms with van der Waals surface area (Å²) in [6.45, 7) is 2.67. The maximum Gasteiger partial charge on any atom is 0.410 e. The SMILES string of the molecule is Cc1ccc2c(c1)C13CCCCC1C(C2)N(C(=O)OCC(Cl)(Cl)Cl)CC3. The van der Waals surface area contributed by atoms with E-state index in [1.54, 1.807) is 0 Å². The molecule has 1 amide bonds. The van der Waals surface area contributed by atoms with Gasteiger partial charge in [-0.2, -0.15) is 0 Å². The van der Waals surface area contributed by atoms with Crippen LogP contribution < -0.4 is 0 Å². The third kappa shape index (κ3) is 3.21. The summed E-state index contributed by atoms with van der Waals surface area (Å²) in [6.07, 6.45) is 6.44. The van der Waals surface area contributed by atoms with Crippen LogP contribution in [0.3, 0.4) is 0 Å². The van der Waals surface area contributed by atoms with Gasteiger partial charge in [0.15, 0.2) is 0 Å². The second-order valence-corrected chi connectivity index (χ2v) is 10.6. The monoisotopic (exact) mass is 415 g/mol. The van der Waals surface area contributed by atoms with Crippen molar-refractivity contribution in [3.05, 3.63) is 34.9 Å². The van der Waals surface area contributed by atoms with E-state index in [0.29, 0.717) is 12.5 Å². The molecule has 2 bridgehead atoms. The molecule has 1 aromatic rings. The van der Waals surface area contributed by atoms with E-state index >= 15 is 0 Å². The first-order valence-electron chi connectivity index (χ1n) is 9.40. The minimum atomic E-state index is -1.57. The standard InChI is InChI=1S/C20H24Cl3NO2/c1-13-5-6-14-11-17-15-4-2-3-7-19(15,16(14)10-13)8-9-24(17)18(25)26-12-20(21,22)23/h5-6,10,15,17H,2-4,7-9,11-12H2,1H3. The van der Waals surface area contributed by atoms with Crippen LogP contribution in [0.15, 0.2) is 18.2 Å². The minimum Gasteiger partial charge on any atom is -0.445 e. The lowest BCUT2D eigenvalue weighted by Crippen LogP contribution is -2.62. The van der Waals surface area contributed by atoms with Gasteiger partial charge in [-0.05, 0) is 49.7 Å². The Kier molecular flexibility index (Phi) is 4.86. The molecular weight excluding hydrogens is 393 g/mol. The Balaban J connectivity index is 1.65. The van der Waals surface area contributed by atoms with Gasteiger partial charge >= 0.3 is 6.09 Å². The molecule has 1 saturated carbocycles. The Hall–Kier alpha value is -0.640. The first-order chi connectivity index (χ1) is 12.3. The van der Waals surface area contributed by atoms with Gasteiger partial charge in [0.1, 0.15) is 6.61 Å². The number of likely N-dealkylation sites (tertiary alicyclic amines) is 1. The van der Waals surface area contributed by atoms with Crippen molar-refractivity contribution in [1.82, 2.24) is 4.90 Å². The Morgan fingerprint density at radius 3 is 2.88 bits per heavy atom. The smallest absolute Gasteiger partial charge is 0.410 e. The van der Waals surface area contributed by atoms with Crippen LogP contribution in [0.2, 0.25) is 0 Å². The van der Waals surface area contributed by atoms with Crippen LogP contribution in [0, 0.1) is 12.8 Å². The van der Waals surface area contributed by atoms with Gasteiger partial charge in [-0.15, -0.1) is 0 Å². The predicted octanol–water partition coefficient (Wildman–Crippen LogP) is 5.56. The zero-order valence-corrected chi connectivity index (χ0v) is 17.2. The molecule has 3 aliphatic rings. The second kappa shape index (κ2) is 6.76. The fourth-order valence-electron chi connectivity index (χ4n) is 5.57. The van der Waals surface area contributed by atoms with E-state index in [9.17, 15) is 4.79 Å². The summed E-state index contributed by atoms with van der Waals surface area (Å²) in [6, 6.07) is 7.00. The zero-order valence-electron chi connectivity index (χ0n) is 14.9. The third-order valence-corrected chi connectivity index (χ3v) is 6.91. The molecule has 1 heterocycles. The molecule has 3 nitrogen and oxygen atoms in total. The Labute approximate surface area is 169 Å². The van der Waals surface area contributed by atoms with Crippen molar-refractivity contribution in [2.45, 2.75) is 60.7 Å². The number of benzene rings is 1. The maximum absolute atomic E-state index is 12.7. The highest BCUT2D eigenvalue weighted by Crippen LogP contribution is 2.55. The largest absolute Gasteiger partial charge is 0.445 e. The van der Waals surface area contributed by atoms with Crippen LogP contribution in [0.5, 0.6) is 0 Å². The molecular formula is C20H24Cl3NO2. The molecule has 4 rings (SSSR count). The number of carbonyl (C=O) groups is 1. The number of hydrogen-bond acceptors (Lipinski definition) is 2. The van der Waals surface area contributed by atoms with Crippen LogP contribution >= 0.6 is 34.8 Å². The Bertz CT molecular complexity index is 717. The summed E-state index contributed by atoms with van der Waals surface area (Å²) in [4.78, 5) is 14.6. The van der Waals surface area contributed by atoms with Gasteiger partial charge in [-0.3, -0.25) is 0 Å². The summed E-state index contributed by atoms with van der Waals surface area (Å²) >= 11 is 17.2. The van der Waals surface area contributed by atoms with Crippen molar-refractivity contribution in [1.29, 1.82) is 0 Å². The molecule has 2 fully saturated rings. The van der Waals surface area contributed by atoms with Gasteiger partial charge in [-0.1, -0.05) is 71.4 Å². The quantitative estimate of drug-likeness (QED) is 0.561. The third-order valence-electron chi connectivity index (χ3n) is 6.59. The number of fused-ring (bicyclic) bond motifs is 1. The van der Waals surface area contributed by atoms with E-state index in [1.165, 1.54) is 42.4 Å². The van der Waals surface area contributed by atoms with E-state index in [-0.39, 0.29) is 24.2 Å². The van der Waals surface area contributed by atoms with Gasteiger partial charge in [0.05, 0.1) is 0 Å². The highest BCUT2D eigenvalue weighted by Gasteiger charge is 2.55. The predicted molar refractivity (Wildman–Crippen MR) is 105 cm³/mol. The topological polar surface area (TPSA) is 29.5 Å². The number of amides is 1. The van der Waals surface area contributed by atoms with Gasteiger partial charge in [0.2, 0.25) is 3.79 Å². The molecule has 142 valence electrons. The van der Waals surface area contributed by atoms with Gasteiger partial charge in [0.25, 0.3) is 0 Å². The van der Waals surface area contributed by atoms with Crippen molar-refractivity contribution < 1.29 is 9.53 Å².